The molecular formula is C33H35ClN6O7S2. The summed E-state index contributed by atoms with van der Waals surface area (Å²) in [6, 6.07) is 15.4. The fourth-order valence-corrected chi connectivity index (χ4v) is 7.29. The largest absolute Gasteiger partial charge is 0.444 e. The summed E-state index contributed by atoms with van der Waals surface area (Å²) in [5.41, 5.74) is 3.20. The molecule has 0 radical (unpaired) electrons. The molecule has 3 heterocycles. The fourth-order valence-electron chi connectivity index (χ4n) is 4.97. The van der Waals surface area contributed by atoms with E-state index in [1.165, 1.54) is 64.1 Å². The maximum absolute atomic E-state index is 14.1. The van der Waals surface area contributed by atoms with Gasteiger partial charge >= 0.3 is 12.1 Å². The number of rotatable bonds is 14. The lowest BCUT2D eigenvalue weighted by atomic mass is 10.0. The van der Waals surface area contributed by atoms with Crippen molar-refractivity contribution in [1.82, 2.24) is 24.6 Å². The number of halogens is 1. The Labute approximate surface area is 292 Å². The molecule has 16 heteroatoms. The number of alkyl carbamates (subject to hydrolysis) is 1. The Morgan fingerprint density at radius 1 is 1.10 bits per heavy atom. The van der Waals surface area contributed by atoms with E-state index in [0.29, 0.717) is 5.52 Å². The van der Waals surface area contributed by atoms with E-state index in [2.05, 4.69) is 20.3 Å². The predicted octanol–water partition coefficient (Wildman–Crippen LogP) is 5.15. The quantitative estimate of drug-likeness (QED) is 0.146. The third kappa shape index (κ3) is 9.19. The standard InChI is InChI=1S/C33H35ClN6O7S2/c1-21(2)17-40(18-28(41)27(13-22-7-5-4-6-8-22)38-33(43)46-19-24-16-35-20-48-24)49(44,45)25-9-10-26-29(15-25)47-32(37-26)39(3)31(42)23-11-12-36-30(34)14-23/h4-12,14-16,20-21,27-28,41H,13,17-19H2,1-3H3,(H,38,43). The van der Waals surface area contributed by atoms with Crippen LogP contribution in [0.15, 0.2) is 87.9 Å². The molecule has 0 aliphatic heterocycles. The SMILES string of the molecule is CC(C)CN(CC(O)C(Cc1ccccc1)NC(=O)OCc1cncs1)S(=O)(=O)c1ccc2nc(N(C)C(=O)c3ccnc(Cl)c3)oc2c1. The van der Waals surface area contributed by atoms with E-state index in [-0.39, 0.29) is 59.2 Å². The number of anilines is 1. The van der Waals surface area contributed by atoms with Crippen molar-refractivity contribution in [2.45, 2.75) is 43.9 Å². The zero-order chi connectivity index (χ0) is 35.1. The van der Waals surface area contributed by atoms with Crippen LogP contribution >= 0.6 is 22.9 Å². The molecule has 0 aliphatic rings. The molecule has 0 saturated carbocycles. The van der Waals surface area contributed by atoms with E-state index in [9.17, 15) is 23.1 Å². The number of hydrogen-bond acceptors (Lipinski definition) is 11. The third-order valence-electron chi connectivity index (χ3n) is 7.41. The fraction of sp³-hybridized carbons (Fsp3) is 0.303. The maximum Gasteiger partial charge on any atom is 0.407 e. The molecule has 0 aliphatic carbocycles. The highest BCUT2D eigenvalue weighted by atomic mass is 35.5. The van der Waals surface area contributed by atoms with Gasteiger partial charge in [-0.25, -0.2) is 18.2 Å². The van der Waals surface area contributed by atoms with Gasteiger partial charge in [0, 0.05) is 44.2 Å². The first-order valence-corrected chi connectivity index (χ1v) is 17.9. The minimum absolute atomic E-state index is 0.00632. The number of fused-ring (bicyclic) bond motifs is 1. The summed E-state index contributed by atoms with van der Waals surface area (Å²) in [5, 5.41) is 14.4. The predicted molar refractivity (Wildman–Crippen MR) is 185 cm³/mol. The average molecular weight is 727 g/mol. The number of pyridine rings is 1. The molecule has 2 aromatic carbocycles. The van der Waals surface area contributed by atoms with Gasteiger partial charge in [-0.2, -0.15) is 9.29 Å². The smallest absolute Gasteiger partial charge is 0.407 e. The van der Waals surface area contributed by atoms with Crippen molar-refractivity contribution in [2.75, 3.05) is 25.0 Å². The minimum Gasteiger partial charge on any atom is -0.444 e. The van der Waals surface area contributed by atoms with Crippen LogP contribution < -0.4 is 10.2 Å². The lowest BCUT2D eigenvalue weighted by molar-refractivity contribution is 0.0876. The topological polar surface area (TPSA) is 168 Å². The summed E-state index contributed by atoms with van der Waals surface area (Å²) in [7, 11) is -2.73. The van der Waals surface area contributed by atoms with Crippen LogP contribution in [0.1, 0.15) is 34.6 Å². The van der Waals surface area contributed by atoms with Crippen LogP contribution in [0.25, 0.3) is 11.1 Å². The number of hydrogen-bond donors (Lipinski definition) is 2. The number of carbonyl (C=O) groups is 2. The van der Waals surface area contributed by atoms with E-state index < -0.39 is 34.2 Å². The third-order valence-corrected chi connectivity index (χ3v) is 10.2. The molecule has 3 aromatic heterocycles. The molecule has 13 nitrogen and oxygen atoms in total. The van der Waals surface area contributed by atoms with Crippen molar-refractivity contribution >= 4 is 62.1 Å². The Balaban J connectivity index is 1.37. The van der Waals surface area contributed by atoms with Gasteiger partial charge in [0.05, 0.1) is 27.4 Å². The first-order valence-electron chi connectivity index (χ1n) is 15.2. The lowest BCUT2D eigenvalue weighted by Gasteiger charge is -2.30. The number of sulfonamides is 1. The van der Waals surface area contributed by atoms with Crippen molar-refractivity contribution in [3.05, 3.63) is 99.7 Å². The Hall–Kier alpha value is -4.41. The molecule has 0 bridgehead atoms. The van der Waals surface area contributed by atoms with E-state index in [1.54, 1.807) is 11.7 Å². The number of amides is 2. The Bertz CT molecular complexity index is 1990. The Morgan fingerprint density at radius 2 is 1.88 bits per heavy atom. The Morgan fingerprint density at radius 3 is 2.57 bits per heavy atom. The summed E-state index contributed by atoms with van der Waals surface area (Å²) in [6.07, 6.45) is 1.15. The number of aliphatic hydroxyl groups excluding tert-OH is 1. The van der Waals surface area contributed by atoms with Crippen molar-refractivity contribution in [3.8, 4) is 0 Å². The summed E-state index contributed by atoms with van der Waals surface area (Å²) in [4.78, 5) is 39.8. The summed E-state index contributed by atoms with van der Waals surface area (Å²) in [6.45, 7) is 3.49. The highest BCUT2D eigenvalue weighted by Crippen LogP contribution is 2.27. The van der Waals surface area contributed by atoms with Crippen LogP contribution in [0.5, 0.6) is 0 Å². The first-order chi connectivity index (χ1) is 23.4. The van der Waals surface area contributed by atoms with Gasteiger partial charge in [0.25, 0.3) is 5.91 Å². The van der Waals surface area contributed by atoms with Crippen molar-refractivity contribution in [2.24, 2.45) is 5.92 Å². The number of nitrogens with one attached hydrogen (secondary N) is 1. The Kier molecular flexibility index (Phi) is 11.6. The minimum atomic E-state index is -4.20. The van der Waals surface area contributed by atoms with Gasteiger partial charge in [-0.15, -0.1) is 11.3 Å². The monoisotopic (exact) mass is 726 g/mol. The number of aromatic nitrogens is 3. The average Bonchev–Trinajstić information content (AvgIpc) is 3.76. The number of thiazole rings is 1. The van der Waals surface area contributed by atoms with Crippen molar-refractivity contribution in [1.29, 1.82) is 0 Å². The van der Waals surface area contributed by atoms with Crippen LogP contribution in [0, 0.1) is 5.92 Å². The second kappa shape index (κ2) is 15.9. The summed E-state index contributed by atoms with van der Waals surface area (Å²) in [5.74, 6) is -0.555. The van der Waals surface area contributed by atoms with E-state index in [1.807, 2.05) is 44.2 Å². The molecule has 258 valence electrons. The number of ether oxygens (including phenoxy) is 1. The van der Waals surface area contributed by atoms with Crippen LogP contribution in [0.2, 0.25) is 5.15 Å². The zero-order valence-corrected chi connectivity index (χ0v) is 29.3. The number of benzene rings is 2. The number of aliphatic hydroxyl groups is 1. The molecule has 0 fully saturated rings. The summed E-state index contributed by atoms with van der Waals surface area (Å²) < 4.78 is 40.6. The highest BCUT2D eigenvalue weighted by Gasteiger charge is 2.32. The summed E-state index contributed by atoms with van der Waals surface area (Å²) >= 11 is 7.27. The van der Waals surface area contributed by atoms with Crippen LogP contribution in [0.4, 0.5) is 10.8 Å². The van der Waals surface area contributed by atoms with Crippen LogP contribution in [-0.2, 0) is 27.8 Å². The van der Waals surface area contributed by atoms with Crippen LogP contribution in [-0.4, -0.2) is 77.1 Å². The van der Waals surface area contributed by atoms with Gasteiger partial charge in [0.1, 0.15) is 17.3 Å². The van der Waals surface area contributed by atoms with Crippen molar-refractivity contribution in [3.63, 3.8) is 0 Å². The maximum atomic E-state index is 14.1. The van der Waals surface area contributed by atoms with E-state index in [4.69, 9.17) is 20.8 Å². The lowest BCUT2D eigenvalue weighted by Crippen LogP contribution is -2.51. The van der Waals surface area contributed by atoms with Gasteiger partial charge < -0.3 is 19.6 Å². The second-order valence-corrected chi connectivity index (χ2v) is 14.9. The second-order valence-electron chi connectivity index (χ2n) is 11.6. The van der Waals surface area contributed by atoms with Crippen molar-refractivity contribution < 1.29 is 32.3 Å². The molecule has 2 atom stereocenters. The normalized spacial score (nSPS) is 13.0. The molecular weight excluding hydrogens is 692 g/mol. The van der Waals surface area contributed by atoms with Gasteiger partial charge in [-0.1, -0.05) is 55.8 Å². The number of nitrogens with zero attached hydrogens (tertiary/aromatic N) is 5. The zero-order valence-electron chi connectivity index (χ0n) is 26.9. The van der Waals surface area contributed by atoms with Crippen LogP contribution in [0.3, 0.4) is 0 Å². The van der Waals surface area contributed by atoms with Gasteiger partial charge in [0.2, 0.25) is 10.0 Å². The highest BCUT2D eigenvalue weighted by molar-refractivity contribution is 7.89. The molecule has 2 amide bonds. The molecule has 0 saturated heterocycles. The molecule has 0 spiro atoms. The van der Waals surface area contributed by atoms with E-state index >= 15 is 0 Å². The number of oxazole rings is 1. The molecule has 5 rings (SSSR count). The number of carbonyl (C=O) groups excluding carboxylic acids is 2. The molecule has 2 unspecified atom stereocenters. The van der Waals surface area contributed by atoms with E-state index in [0.717, 1.165) is 10.4 Å². The molecule has 49 heavy (non-hydrogen) atoms. The van der Waals surface area contributed by atoms with Gasteiger partial charge in [-0.3, -0.25) is 14.7 Å². The van der Waals surface area contributed by atoms with Gasteiger partial charge in [0.15, 0.2) is 5.58 Å². The molecule has 5 aromatic rings. The first kappa shape index (κ1) is 35.9. The van der Waals surface area contributed by atoms with Gasteiger partial charge in [-0.05, 0) is 42.2 Å². The molecule has 2 N–H and O–H groups in total.